The van der Waals surface area contributed by atoms with Gasteiger partial charge in [-0.05, 0) is 103 Å². The van der Waals surface area contributed by atoms with E-state index in [2.05, 4.69) is 170 Å². The molecule has 0 amide bonds. The Morgan fingerprint density at radius 1 is 0.426 bits per heavy atom. The van der Waals surface area contributed by atoms with Crippen LogP contribution in [0.25, 0.3) is 55.0 Å². The van der Waals surface area contributed by atoms with Gasteiger partial charge in [-0.2, -0.15) is 0 Å². The Hall–Kier alpha value is -6.38. The minimum absolute atomic E-state index is 0.139. The van der Waals surface area contributed by atoms with Crippen LogP contribution in [0.15, 0.2) is 156 Å². The zero-order chi connectivity index (χ0) is 35.5. The number of hydrogen-bond donors (Lipinski definition) is 0. The molecule has 2 nitrogen and oxygen atoms in total. The summed E-state index contributed by atoms with van der Waals surface area (Å²) >= 11 is 0. The maximum Gasteiger partial charge on any atom is 0.159 e. The van der Waals surface area contributed by atoms with Gasteiger partial charge in [-0.25, -0.2) is 0 Å². The third-order valence-electron chi connectivity index (χ3n) is 13.6. The highest BCUT2D eigenvalue weighted by Gasteiger charge is 2.51. The van der Waals surface area contributed by atoms with Gasteiger partial charge < -0.3 is 9.32 Å². The molecule has 1 spiro atoms. The highest BCUT2D eigenvalue weighted by atomic mass is 16.3. The van der Waals surface area contributed by atoms with Crippen LogP contribution in [0.2, 0.25) is 0 Å². The summed E-state index contributed by atoms with van der Waals surface area (Å²) in [6.07, 6.45) is 2.19. The Labute approximate surface area is 313 Å². The molecule has 0 N–H and O–H groups in total. The SMILES string of the molecule is CC1(C)c2ccccc2N(c2cccc3c2oc2c4c(ccc23)C2(c3ccccc3-c3ccccc32)c2ccc3c5c(ccc-4c25)CC3)c2ccccc21. The monoisotopic (exact) mass is 689 g/mol. The van der Waals surface area contributed by atoms with Gasteiger partial charge >= 0.3 is 0 Å². The number of anilines is 3. The van der Waals surface area contributed by atoms with Crippen molar-refractivity contribution in [3.8, 4) is 22.3 Å². The number of hydrogen-bond acceptors (Lipinski definition) is 2. The lowest BCUT2D eigenvalue weighted by Gasteiger charge is -2.41. The maximum atomic E-state index is 7.48. The predicted octanol–water partition coefficient (Wildman–Crippen LogP) is 13.3. The molecule has 4 aliphatic rings. The van der Waals surface area contributed by atoms with Crippen LogP contribution in [-0.4, -0.2) is 0 Å². The quantitative estimate of drug-likeness (QED) is 0.171. The Morgan fingerprint density at radius 2 is 0.981 bits per heavy atom. The van der Waals surface area contributed by atoms with Crippen molar-refractivity contribution >= 4 is 49.8 Å². The zero-order valence-corrected chi connectivity index (χ0v) is 30.2. The Balaban J connectivity index is 1.18. The summed E-state index contributed by atoms with van der Waals surface area (Å²) in [5.74, 6) is 0. The van der Waals surface area contributed by atoms with Gasteiger partial charge in [-0.1, -0.05) is 147 Å². The Kier molecular flexibility index (Phi) is 5.27. The van der Waals surface area contributed by atoms with Crippen LogP contribution in [0.5, 0.6) is 0 Å². The van der Waals surface area contributed by atoms with E-state index in [0.29, 0.717) is 0 Å². The summed E-state index contributed by atoms with van der Waals surface area (Å²) in [6, 6.07) is 57.2. The standard InChI is InChI=1S/C52H35NO/c1-51(2)39-17-7-9-19-43(39)53(44-20-10-8-18-40(44)51)45-21-11-14-34-35-27-29-42-48(50(35)54-49(34)45)36-26-24-30-22-23-31-25-28-41(47(36)46(30)31)52(42)37-15-5-3-12-32(37)33-13-4-6-16-38(33)52/h3-21,24-29H,22-23H2,1-2H3. The first kappa shape index (κ1) is 29.1. The molecular formula is C52H35NO. The molecule has 0 fully saturated rings. The molecule has 254 valence electrons. The van der Waals surface area contributed by atoms with E-state index in [1.165, 1.54) is 88.9 Å². The number of aryl methyl sites for hydroxylation is 2. The molecule has 1 aromatic heterocycles. The van der Waals surface area contributed by atoms with Crippen LogP contribution in [0.1, 0.15) is 58.4 Å². The van der Waals surface area contributed by atoms with E-state index >= 15 is 0 Å². The van der Waals surface area contributed by atoms with Gasteiger partial charge in [0, 0.05) is 21.8 Å². The van der Waals surface area contributed by atoms with Gasteiger partial charge in [0.15, 0.2) is 5.58 Å². The second-order valence-electron chi connectivity index (χ2n) is 16.3. The van der Waals surface area contributed by atoms with Crippen molar-refractivity contribution in [3.63, 3.8) is 0 Å². The third-order valence-corrected chi connectivity index (χ3v) is 13.6. The molecule has 2 heterocycles. The number of furan rings is 1. The van der Waals surface area contributed by atoms with E-state index in [4.69, 9.17) is 4.42 Å². The molecule has 0 atom stereocenters. The lowest BCUT2D eigenvalue weighted by Crippen LogP contribution is -2.32. The third kappa shape index (κ3) is 3.23. The molecule has 8 aromatic carbocycles. The zero-order valence-electron chi connectivity index (χ0n) is 30.2. The van der Waals surface area contributed by atoms with Gasteiger partial charge in [-0.15, -0.1) is 0 Å². The predicted molar refractivity (Wildman–Crippen MR) is 222 cm³/mol. The first-order valence-electron chi connectivity index (χ1n) is 19.3. The molecule has 2 heteroatoms. The molecule has 0 radical (unpaired) electrons. The van der Waals surface area contributed by atoms with Gasteiger partial charge in [0.2, 0.25) is 0 Å². The molecule has 0 bridgehead atoms. The fraction of sp³-hybridized carbons (Fsp3) is 0.115. The van der Waals surface area contributed by atoms with Crippen molar-refractivity contribution in [2.75, 3.05) is 4.90 Å². The second-order valence-corrected chi connectivity index (χ2v) is 16.3. The minimum atomic E-state index is -0.471. The van der Waals surface area contributed by atoms with E-state index in [-0.39, 0.29) is 5.41 Å². The fourth-order valence-corrected chi connectivity index (χ4v) is 11.3. The van der Waals surface area contributed by atoms with Gasteiger partial charge in [-0.3, -0.25) is 0 Å². The number of nitrogens with zero attached hydrogens (tertiary/aromatic N) is 1. The van der Waals surface area contributed by atoms with E-state index in [9.17, 15) is 0 Å². The smallest absolute Gasteiger partial charge is 0.159 e. The molecule has 0 saturated carbocycles. The fourth-order valence-electron chi connectivity index (χ4n) is 11.3. The van der Waals surface area contributed by atoms with Crippen molar-refractivity contribution in [2.24, 2.45) is 0 Å². The summed E-state index contributed by atoms with van der Waals surface area (Å²) < 4.78 is 7.48. The van der Waals surface area contributed by atoms with Gasteiger partial charge in [0.1, 0.15) is 5.58 Å². The summed E-state index contributed by atoms with van der Waals surface area (Å²) in [5.41, 5.74) is 20.9. The van der Waals surface area contributed by atoms with Crippen LogP contribution in [0.4, 0.5) is 17.1 Å². The lowest BCUT2D eigenvalue weighted by molar-refractivity contribution is 0.630. The van der Waals surface area contributed by atoms with Crippen LogP contribution >= 0.6 is 0 Å². The van der Waals surface area contributed by atoms with Crippen molar-refractivity contribution < 1.29 is 4.42 Å². The summed E-state index contributed by atoms with van der Waals surface area (Å²) in [4.78, 5) is 2.44. The van der Waals surface area contributed by atoms with Crippen molar-refractivity contribution in [2.45, 2.75) is 37.5 Å². The second kappa shape index (κ2) is 9.78. The molecular weight excluding hydrogens is 655 g/mol. The van der Waals surface area contributed by atoms with E-state index in [0.717, 1.165) is 40.5 Å². The van der Waals surface area contributed by atoms with Crippen LogP contribution in [0, 0.1) is 0 Å². The van der Waals surface area contributed by atoms with Gasteiger partial charge in [0.25, 0.3) is 0 Å². The van der Waals surface area contributed by atoms with Crippen molar-refractivity contribution in [3.05, 3.63) is 196 Å². The maximum absolute atomic E-state index is 7.48. The average molecular weight is 690 g/mol. The number of fused-ring (bicyclic) bond motifs is 15. The molecule has 9 aromatic rings. The number of rotatable bonds is 1. The largest absolute Gasteiger partial charge is 0.453 e. The molecule has 13 rings (SSSR count). The molecule has 54 heavy (non-hydrogen) atoms. The van der Waals surface area contributed by atoms with Gasteiger partial charge in [0.05, 0.1) is 22.5 Å². The highest BCUT2D eigenvalue weighted by molar-refractivity contribution is 6.19. The Bertz CT molecular complexity index is 3050. The van der Waals surface area contributed by atoms with Crippen molar-refractivity contribution in [1.29, 1.82) is 0 Å². The topological polar surface area (TPSA) is 16.4 Å². The minimum Gasteiger partial charge on any atom is -0.453 e. The van der Waals surface area contributed by atoms with Crippen LogP contribution in [0.3, 0.4) is 0 Å². The molecule has 1 aliphatic heterocycles. The summed E-state index contributed by atoms with van der Waals surface area (Å²) in [5, 5.41) is 5.15. The van der Waals surface area contributed by atoms with Crippen LogP contribution < -0.4 is 4.90 Å². The van der Waals surface area contributed by atoms with E-state index in [1.807, 2.05) is 0 Å². The van der Waals surface area contributed by atoms with Crippen molar-refractivity contribution in [1.82, 2.24) is 0 Å². The first-order chi connectivity index (χ1) is 26.6. The molecule has 3 aliphatic carbocycles. The Morgan fingerprint density at radius 3 is 1.67 bits per heavy atom. The molecule has 0 unspecified atom stereocenters. The molecule has 0 saturated heterocycles. The lowest BCUT2D eigenvalue weighted by atomic mass is 9.61. The van der Waals surface area contributed by atoms with E-state index in [1.54, 1.807) is 0 Å². The number of benzene rings is 8. The van der Waals surface area contributed by atoms with Crippen LogP contribution in [-0.2, 0) is 23.7 Å². The average Bonchev–Trinajstić information content (AvgIpc) is 3.90. The summed E-state index contributed by atoms with van der Waals surface area (Å²) in [7, 11) is 0. The normalized spacial score (nSPS) is 16.1. The highest BCUT2D eigenvalue weighted by Crippen LogP contribution is 2.64. The summed E-state index contributed by atoms with van der Waals surface area (Å²) in [6.45, 7) is 4.69. The first-order valence-corrected chi connectivity index (χ1v) is 19.3. The van der Waals surface area contributed by atoms with E-state index < -0.39 is 5.41 Å². The number of para-hydroxylation sites is 3.